The van der Waals surface area contributed by atoms with E-state index in [4.69, 9.17) is 4.99 Å². The lowest BCUT2D eigenvalue weighted by molar-refractivity contribution is 0.324. The van der Waals surface area contributed by atoms with E-state index in [1.54, 1.807) is 11.3 Å². The van der Waals surface area contributed by atoms with E-state index in [1.165, 1.54) is 30.6 Å². The first-order valence-electron chi connectivity index (χ1n) is 8.19. The van der Waals surface area contributed by atoms with Gasteiger partial charge in [-0.05, 0) is 32.1 Å². The van der Waals surface area contributed by atoms with Gasteiger partial charge in [0.25, 0.3) is 0 Å². The van der Waals surface area contributed by atoms with Crippen molar-refractivity contribution in [1.29, 1.82) is 0 Å². The summed E-state index contributed by atoms with van der Waals surface area (Å²) in [5.74, 6) is 1.76. The van der Waals surface area contributed by atoms with Crippen LogP contribution in [0.2, 0.25) is 0 Å². The zero-order chi connectivity index (χ0) is 15.1. The van der Waals surface area contributed by atoms with E-state index in [-0.39, 0.29) is 0 Å². The molecule has 1 saturated carbocycles. The van der Waals surface area contributed by atoms with Crippen LogP contribution >= 0.6 is 11.3 Å². The van der Waals surface area contributed by atoms with Crippen molar-refractivity contribution in [3.63, 3.8) is 0 Å². The first kappa shape index (κ1) is 16.3. The van der Waals surface area contributed by atoms with Gasteiger partial charge in [0.05, 0.1) is 6.54 Å². The highest BCUT2D eigenvalue weighted by Gasteiger charge is 2.19. The summed E-state index contributed by atoms with van der Waals surface area (Å²) in [5, 5.41) is 8.04. The molecule has 1 aromatic rings. The molecule has 1 aromatic heterocycles. The minimum absolute atomic E-state index is 0.564. The number of thiazole rings is 1. The molecule has 2 atom stereocenters. The number of guanidine groups is 1. The number of aliphatic imine (C=N–C) groups is 1. The summed E-state index contributed by atoms with van der Waals surface area (Å²) in [6.45, 7) is 8.18. The first-order valence-corrected chi connectivity index (χ1v) is 9.01. The molecule has 0 saturated heterocycles. The van der Waals surface area contributed by atoms with Crippen LogP contribution in [0.25, 0.3) is 0 Å². The van der Waals surface area contributed by atoms with Crippen molar-refractivity contribution >= 4 is 17.3 Å². The lowest BCUT2D eigenvalue weighted by Crippen LogP contribution is -2.45. The molecule has 1 heterocycles. The summed E-state index contributed by atoms with van der Waals surface area (Å²) in [6.07, 6.45) is 8.22. The lowest BCUT2D eigenvalue weighted by Gasteiger charge is -2.28. The van der Waals surface area contributed by atoms with Crippen LogP contribution in [0.1, 0.15) is 56.3 Å². The number of hydrogen-bond acceptors (Lipinski definition) is 3. The van der Waals surface area contributed by atoms with Gasteiger partial charge < -0.3 is 10.6 Å². The summed E-state index contributed by atoms with van der Waals surface area (Å²) >= 11 is 1.77. The van der Waals surface area contributed by atoms with Crippen molar-refractivity contribution in [3.8, 4) is 0 Å². The number of rotatable bonds is 5. The predicted molar refractivity (Wildman–Crippen MR) is 90.9 cm³/mol. The standard InChI is InChI=1S/C16H28N4S/c1-4-14-10-18-15(21-14)11-19-16(17-5-2)20-13-8-6-7-12(3)9-13/h10,12-13H,4-9,11H2,1-3H3,(H2,17,19,20). The van der Waals surface area contributed by atoms with Crippen LogP contribution in [0.15, 0.2) is 11.2 Å². The average Bonchev–Trinajstić information content (AvgIpc) is 2.93. The van der Waals surface area contributed by atoms with E-state index in [2.05, 4.69) is 36.4 Å². The molecule has 0 amide bonds. The predicted octanol–water partition coefficient (Wildman–Crippen LogP) is 3.34. The van der Waals surface area contributed by atoms with Crippen molar-refractivity contribution in [2.24, 2.45) is 10.9 Å². The third-order valence-electron chi connectivity index (χ3n) is 3.94. The Hall–Kier alpha value is -1.10. The fourth-order valence-electron chi connectivity index (χ4n) is 2.81. The Labute approximate surface area is 132 Å². The van der Waals surface area contributed by atoms with Crippen molar-refractivity contribution in [3.05, 3.63) is 16.1 Å². The van der Waals surface area contributed by atoms with Crippen LogP contribution in [0.4, 0.5) is 0 Å². The summed E-state index contributed by atoms with van der Waals surface area (Å²) in [4.78, 5) is 10.5. The average molecular weight is 308 g/mol. The second-order valence-corrected chi connectivity index (χ2v) is 7.08. The van der Waals surface area contributed by atoms with E-state index in [0.717, 1.165) is 29.9 Å². The highest BCUT2D eigenvalue weighted by atomic mass is 32.1. The van der Waals surface area contributed by atoms with Gasteiger partial charge in [-0.3, -0.25) is 0 Å². The zero-order valence-electron chi connectivity index (χ0n) is 13.5. The van der Waals surface area contributed by atoms with Crippen LogP contribution in [0.3, 0.4) is 0 Å². The summed E-state index contributed by atoms with van der Waals surface area (Å²) in [7, 11) is 0. The van der Waals surface area contributed by atoms with Crippen LogP contribution in [0, 0.1) is 5.92 Å². The van der Waals surface area contributed by atoms with Crippen LogP contribution in [-0.2, 0) is 13.0 Å². The minimum Gasteiger partial charge on any atom is -0.357 e. The van der Waals surface area contributed by atoms with Gasteiger partial charge >= 0.3 is 0 Å². The highest BCUT2D eigenvalue weighted by Crippen LogP contribution is 2.23. The third-order valence-corrected chi connectivity index (χ3v) is 5.07. The number of aromatic nitrogens is 1. The Kier molecular flexibility index (Phi) is 6.49. The van der Waals surface area contributed by atoms with Crippen molar-refractivity contribution in [2.45, 2.75) is 65.5 Å². The molecular weight excluding hydrogens is 280 g/mol. The molecule has 0 aromatic carbocycles. The highest BCUT2D eigenvalue weighted by molar-refractivity contribution is 7.11. The molecule has 4 nitrogen and oxygen atoms in total. The number of nitrogens with one attached hydrogen (secondary N) is 2. The molecule has 1 fully saturated rings. The first-order chi connectivity index (χ1) is 10.2. The van der Waals surface area contributed by atoms with Gasteiger partial charge in [-0.2, -0.15) is 0 Å². The van der Waals surface area contributed by atoms with Gasteiger partial charge in [0, 0.05) is 23.7 Å². The molecular formula is C16H28N4S. The van der Waals surface area contributed by atoms with Crippen LogP contribution in [0.5, 0.6) is 0 Å². The molecule has 0 spiro atoms. The Bertz CT molecular complexity index is 455. The molecule has 5 heteroatoms. The second kappa shape index (κ2) is 8.37. The fourth-order valence-corrected chi connectivity index (χ4v) is 3.60. The van der Waals surface area contributed by atoms with Crippen molar-refractivity contribution < 1.29 is 0 Å². The lowest BCUT2D eigenvalue weighted by atomic mass is 9.87. The summed E-state index contributed by atoms with van der Waals surface area (Å²) in [5.41, 5.74) is 0. The molecule has 2 rings (SSSR count). The second-order valence-electron chi connectivity index (χ2n) is 5.88. The molecule has 1 aliphatic carbocycles. The molecule has 2 unspecified atom stereocenters. The Morgan fingerprint density at radius 1 is 1.43 bits per heavy atom. The van der Waals surface area contributed by atoms with Gasteiger partial charge in [0.1, 0.15) is 5.01 Å². The van der Waals surface area contributed by atoms with E-state index in [0.29, 0.717) is 12.6 Å². The van der Waals surface area contributed by atoms with E-state index < -0.39 is 0 Å². The minimum atomic E-state index is 0.564. The van der Waals surface area contributed by atoms with Gasteiger partial charge in [0.2, 0.25) is 0 Å². The smallest absolute Gasteiger partial charge is 0.191 e. The Balaban J connectivity index is 1.91. The number of nitrogens with zero attached hydrogens (tertiary/aromatic N) is 2. The Morgan fingerprint density at radius 3 is 2.95 bits per heavy atom. The molecule has 0 aliphatic heterocycles. The van der Waals surface area contributed by atoms with Crippen molar-refractivity contribution in [1.82, 2.24) is 15.6 Å². The van der Waals surface area contributed by atoms with Crippen LogP contribution < -0.4 is 10.6 Å². The van der Waals surface area contributed by atoms with Crippen LogP contribution in [-0.4, -0.2) is 23.5 Å². The number of aryl methyl sites for hydroxylation is 1. The normalized spacial score (nSPS) is 23.1. The molecule has 1 aliphatic rings. The van der Waals surface area contributed by atoms with Crippen molar-refractivity contribution in [2.75, 3.05) is 6.54 Å². The topological polar surface area (TPSA) is 49.3 Å². The Morgan fingerprint density at radius 2 is 2.29 bits per heavy atom. The SMILES string of the molecule is CCNC(=NCc1ncc(CC)s1)NC1CCCC(C)C1. The maximum Gasteiger partial charge on any atom is 0.191 e. The van der Waals surface area contributed by atoms with E-state index >= 15 is 0 Å². The molecule has 0 radical (unpaired) electrons. The largest absolute Gasteiger partial charge is 0.357 e. The summed E-state index contributed by atoms with van der Waals surface area (Å²) < 4.78 is 0. The molecule has 118 valence electrons. The van der Waals surface area contributed by atoms with Gasteiger partial charge in [-0.1, -0.05) is 26.7 Å². The van der Waals surface area contributed by atoms with Gasteiger partial charge in [0.15, 0.2) is 5.96 Å². The number of hydrogen-bond donors (Lipinski definition) is 2. The van der Waals surface area contributed by atoms with Gasteiger partial charge in [-0.15, -0.1) is 11.3 Å². The quantitative estimate of drug-likeness (QED) is 0.648. The van der Waals surface area contributed by atoms with E-state index in [1.807, 2.05) is 6.20 Å². The molecule has 2 N–H and O–H groups in total. The zero-order valence-corrected chi connectivity index (χ0v) is 14.3. The van der Waals surface area contributed by atoms with E-state index in [9.17, 15) is 0 Å². The monoisotopic (exact) mass is 308 g/mol. The fraction of sp³-hybridized carbons (Fsp3) is 0.750. The molecule has 21 heavy (non-hydrogen) atoms. The maximum atomic E-state index is 4.69. The third kappa shape index (κ3) is 5.30. The maximum absolute atomic E-state index is 4.69. The summed E-state index contributed by atoms with van der Waals surface area (Å²) in [6, 6.07) is 0.564. The molecule has 0 bridgehead atoms. The van der Waals surface area contributed by atoms with Gasteiger partial charge in [-0.25, -0.2) is 9.98 Å².